The van der Waals surface area contributed by atoms with Crippen molar-refractivity contribution in [2.24, 2.45) is 0 Å². The van der Waals surface area contributed by atoms with Crippen molar-refractivity contribution >= 4 is 30.0 Å². The highest BCUT2D eigenvalue weighted by atomic mass is 35.5. The Kier molecular flexibility index (Phi) is 3.50. The van der Waals surface area contributed by atoms with Gasteiger partial charge in [-0.2, -0.15) is 0 Å². The van der Waals surface area contributed by atoms with Crippen molar-refractivity contribution in [2.45, 2.75) is 45.8 Å². The standard InChI is InChI=1S/C13H17BClNO3/c1-8(17)10-6-9(7-16-11(10)15)14-18-12(2,3)13(4,5)19-14/h6-7H,1-5H3. The number of pyridine rings is 1. The molecule has 0 atom stereocenters. The van der Waals surface area contributed by atoms with Crippen LogP contribution in [0.25, 0.3) is 0 Å². The molecule has 0 radical (unpaired) electrons. The molecule has 6 heteroatoms. The quantitative estimate of drug-likeness (QED) is 0.474. The van der Waals surface area contributed by atoms with E-state index in [1.807, 2.05) is 27.7 Å². The molecule has 2 rings (SSSR count). The number of hydrogen-bond donors (Lipinski definition) is 0. The first kappa shape index (κ1) is 14.5. The van der Waals surface area contributed by atoms with Gasteiger partial charge in [0.1, 0.15) is 5.15 Å². The van der Waals surface area contributed by atoms with E-state index in [0.29, 0.717) is 11.0 Å². The Hall–Kier alpha value is -0.905. The maximum atomic E-state index is 11.5. The first-order chi connectivity index (χ1) is 8.64. The van der Waals surface area contributed by atoms with E-state index < -0.39 is 18.3 Å². The van der Waals surface area contributed by atoms with Gasteiger partial charge >= 0.3 is 7.12 Å². The summed E-state index contributed by atoms with van der Waals surface area (Å²) in [6, 6.07) is 1.68. The maximum absolute atomic E-state index is 11.5. The van der Waals surface area contributed by atoms with E-state index >= 15 is 0 Å². The minimum absolute atomic E-state index is 0.129. The lowest BCUT2D eigenvalue weighted by atomic mass is 9.79. The Morgan fingerprint density at radius 1 is 1.26 bits per heavy atom. The molecule has 4 nitrogen and oxygen atoms in total. The Morgan fingerprint density at radius 3 is 2.26 bits per heavy atom. The average Bonchev–Trinajstić information content (AvgIpc) is 2.48. The summed E-state index contributed by atoms with van der Waals surface area (Å²) in [5.74, 6) is -0.129. The molecule has 1 saturated heterocycles. The summed E-state index contributed by atoms with van der Waals surface area (Å²) in [6.45, 7) is 9.35. The van der Waals surface area contributed by atoms with Gasteiger partial charge in [0.2, 0.25) is 0 Å². The number of halogens is 1. The lowest BCUT2D eigenvalue weighted by Crippen LogP contribution is -2.41. The van der Waals surface area contributed by atoms with Gasteiger partial charge in [-0.05, 0) is 40.7 Å². The van der Waals surface area contributed by atoms with Crippen LogP contribution in [0.15, 0.2) is 12.3 Å². The monoisotopic (exact) mass is 281 g/mol. The fraction of sp³-hybridized carbons (Fsp3) is 0.538. The smallest absolute Gasteiger partial charge is 0.399 e. The number of ketones is 1. The Bertz CT molecular complexity index is 515. The van der Waals surface area contributed by atoms with Gasteiger partial charge in [-0.15, -0.1) is 0 Å². The number of rotatable bonds is 2. The van der Waals surface area contributed by atoms with Crippen LogP contribution in [0.4, 0.5) is 0 Å². The SMILES string of the molecule is CC(=O)c1cc(B2OC(C)(C)C(C)(C)O2)cnc1Cl. The fourth-order valence-corrected chi connectivity index (χ4v) is 2.06. The van der Waals surface area contributed by atoms with E-state index in [0.717, 1.165) is 0 Å². The lowest BCUT2D eigenvalue weighted by molar-refractivity contribution is 0.00578. The van der Waals surface area contributed by atoms with Crippen LogP contribution < -0.4 is 5.46 Å². The first-order valence-corrected chi connectivity index (χ1v) is 6.54. The molecule has 1 aliphatic heterocycles. The molecule has 1 fully saturated rings. The van der Waals surface area contributed by atoms with Gasteiger partial charge in [0.15, 0.2) is 5.78 Å². The third-order valence-corrected chi connectivity index (χ3v) is 4.07. The van der Waals surface area contributed by atoms with Crippen molar-refractivity contribution in [3.8, 4) is 0 Å². The molecule has 0 bridgehead atoms. The second kappa shape index (κ2) is 4.58. The van der Waals surface area contributed by atoms with Gasteiger partial charge in [-0.25, -0.2) is 4.98 Å². The summed E-state index contributed by atoms with van der Waals surface area (Å²) in [5, 5.41) is 0.202. The van der Waals surface area contributed by atoms with Crippen molar-refractivity contribution in [1.29, 1.82) is 0 Å². The zero-order valence-electron chi connectivity index (χ0n) is 11.8. The Morgan fingerprint density at radius 2 is 1.79 bits per heavy atom. The fourth-order valence-electron chi connectivity index (χ4n) is 1.82. The summed E-state index contributed by atoms with van der Waals surface area (Å²) in [6.07, 6.45) is 1.58. The van der Waals surface area contributed by atoms with Crippen molar-refractivity contribution in [3.05, 3.63) is 23.0 Å². The number of carbonyl (C=O) groups is 1. The van der Waals surface area contributed by atoms with Crippen molar-refractivity contribution in [1.82, 2.24) is 4.98 Å². The van der Waals surface area contributed by atoms with E-state index in [-0.39, 0.29) is 10.9 Å². The molecule has 0 spiro atoms. The predicted molar refractivity (Wildman–Crippen MR) is 75.0 cm³/mol. The molecule has 0 N–H and O–H groups in total. The minimum atomic E-state index is -0.534. The van der Waals surface area contributed by atoms with E-state index in [2.05, 4.69) is 4.98 Å². The van der Waals surface area contributed by atoms with Crippen molar-refractivity contribution < 1.29 is 14.1 Å². The van der Waals surface area contributed by atoms with Crippen molar-refractivity contribution in [2.75, 3.05) is 0 Å². The van der Waals surface area contributed by atoms with E-state index in [9.17, 15) is 4.79 Å². The van der Waals surface area contributed by atoms with E-state index in [4.69, 9.17) is 20.9 Å². The number of hydrogen-bond acceptors (Lipinski definition) is 4. The van der Waals surface area contributed by atoms with Crippen LogP contribution in [0.2, 0.25) is 5.15 Å². The van der Waals surface area contributed by atoms with E-state index in [1.54, 1.807) is 12.3 Å². The molecule has 0 saturated carbocycles. The van der Waals surface area contributed by atoms with Gasteiger partial charge in [-0.1, -0.05) is 11.6 Å². The number of nitrogens with zero attached hydrogens (tertiary/aromatic N) is 1. The highest BCUT2D eigenvalue weighted by molar-refractivity contribution is 6.62. The van der Waals surface area contributed by atoms with Gasteiger partial charge in [0.05, 0.1) is 16.8 Å². The van der Waals surface area contributed by atoms with E-state index in [1.165, 1.54) is 6.92 Å². The van der Waals surface area contributed by atoms with Crippen LogP contribution in [0, 0.1) is 0 Å². The molecule has 2 heterocycles. The lowest BCUT2D eigenvalue weighted by Gasteiger charge is -2.32. The third kappa shape index (κ3) is 2.55. The van der Waals surface area contributed by atoms with Gasteiger partial charge in [0, 0.05) is 11.7 Å². The number of aromatic nitrogens is 1. The van der Waals surface area contributed by atoms with Gasteiger partial charge in [0.25, 0.3) is 0 Å². The molecular weight excluding hydrogens is 264 g/mol. The summed E-state index contributed by atoms with van der Waals surface area (Å²) >= 11 is 5.90. The molecule has 0 aliphatic carbocycles. The van der Waals surface area contributed by atoms with Crippen LogP contribution in [-0.2, 0) is 9.31 Å². The molecule has 0 amide bonds. The second-order valence-electron chi connectivity index (χ2n) is 5.75. The summed E-state index contributed by atoms with van der Waals surface area (Å²) in [5.41, 5.74) is 0.239. The Labute approximate surface area is 118 Å². The van der Waals surface area contributed by atoms with Crippen LogP contribution in [0.1, 0.15) is 45.0 Å². The number of carbonyl (C=O) groups excluding carboxylic acids is 1. The largest absolute Gasteiger partial charge is 0.496 e. The first-order valence-electron chi connectivity index (χ1n) is 6.16. The molecule has 0 aromatic carbocycles. The van der Waals surface area contributed by atoms with Gasteiger partial charge in [-0.3, -0.25) is 4.79 Å². The van der Waals surface area contributed by atoms with Crippen molar-refractivity contribution in [3.63, 3.8) is 0 Å². The predicted octanol–water partition coefficient (Wildman–Crippen LogP) is 2.24. The molecule has 1 aromatic heterocycles. The Balaban J connectivity index is 2.35. The van der Waals surface area contributed by atoms with Crippen LogP contribution in [0.3, 0.4) is 0 Å². The molecule has 1 aromatic rings. The summed E-state index contributed by atoms with van der Waals surface area (Å²) < 4.78 is 11.8. The molecule has 19 heavy (non-hydrogen) atoms. The van der Waals surface area contributed by atoms with Crippen LogP contribution in [0.5, 0.6) is 0 Å². The third-order valence-electron chi connectivity index (χ3n) is 3.76. The molecule has 102 valence electrons. The minimum Gasteiger partial charge on any atom is -0.399 e. The second-order valence-corrected chi connectivity index (χ2v) is 6.11. The highest BCUT2D eigenvalue weighted by Gasteiger charge is 2.51. The molecule has 0 unspecified atom stereocenters. The summed E-state index contributed by atoms with van der Waals surface area (Å²) in [7, 11) is -0.534. The average molecular weight is 282 g/mol. The zero-order chi connectivity index (χ0) is 14.4. The maximum Gasteiger partial charge on any atom is 0.496 e. The van der Waals surface area contributed by atoms with Crippen LogP contribution in [-0.4, -0.2) is 29.1 Å². The van der Waals surface area contributed by atoms with Gasteiger partial charge < -0.3 is 9.31 Å². The zero-order valence-corrected chi connectivity index (χ0v) is 12.5. The molecule has 1 aliphatic rings. The normalized spacial score (nSPS) is 20.6. The highest BCUT2D eigenvalue weighted by Crippen LogP contribution is 2.36. The molecular formula is C13H17BClNO3. The summed E-state index contributed by atoms with van der Waals surface area (Å²) in [4.78, 5) is 15.5. The van der Waals surface area contributed by atoms with Crippen LogP contribution >= 0.6 is 11.6 Å². The topological polar surface area (TPSA) is 48.4 Å². The number of Topliss-reactive ketones (excluding diaryl/α,β-unsaturated/α-hetero) is 1.